The minimum absolute atomic E-state index is 0.0621. The number of rotatable bonds is 4. The van der Waals surface area contributed by atoms with Gasteiger partial charge in [-0.25, -0.2) is 0 Å². The van der Waals surface area contributed by atoms with E-state index >= 15 is 0 Å². The molecule has 3 rings (SSSR count). The lowest BCUT2D eigenvalue weighted by atomic mass is 10.1. The van der Waals surface area contributed by atoms with E-state index in [9.17, 15) is 4.79 Å². The summed E-state index contributed by atoms with van der Waals surface area (Å²) >= 11 is 6.14. The quantitative estimate of drug-likeness (QED) is 0.849. The summed E-state index contributed by atoms with van der Waals surface area (Å²) in [5, 5.41) is 4.48. The topological polar surface area (TPSA) is 62.5 Å². The second kappa shape index (κ2) is 7.32. The number of nitrogens with zero attached hydrogens (tertiary/aromatic N) is 4. The molecule has 1 aliphatic rings. The SMILES string of the molecule is Cc1noc([C@H](C)N2CCN(C(=O)Cc3ccccc3Cl)CC2)n1. The molecule has 0 unspecified atom stereocenters. The number of hydrogen-bond donors (Lipinski definition) is 0. The molecule has 1 amide bonds. The molecule has 0 bridgehead atoms. The molecule has 24 heavy (non-hydrogen) atoms. The summed E-state index contributed by atoms with van der Waals surface area (Å²) in [7, 11) is 0. The average molecular weight is 349 g/mol. The second-order valence-electron chi connectivity index (χ2n) is 6.04. The third-order valence-electron chi connectivity index (χ3n) is 4.41. The lowest BCUT2D eigenvalue weighted by molar-refractivity contribution is -0.132. The maximum Gasteiger partial charge on any atom is 0.243 e. The van der Waals surface area contributed by atoms with E-state index in [-0.39, 0.29) is 11.9 Å². The number of carbonyl (C=O) groups excluding carboxylic acids is 1. The largest absolute Gasteiger partial charge is 0.340 e. The van der Waals surface area contributed by atoms with Crippen molar-refractivity contribution in [1.29, 1.82) is 0 Å². The highest BCUT2D eigenvalue weighted by molar-refractivity contribution is 6.31. The molecule has 0 spiro atoms. The maximum atomic E-state index is 12.5. The zero-order valence-corrected chi connectivity index (χ0v) is 14.7. The molecule has 1 fully saturated rings. The molecule has 1 aromatic heterocycles. The van der Waals surface area contributed by atoms with E-state index in [0.717, 1.165) is 18.7 Å². The van der Waals surface area contributed by atoms with Crippen molar-refractivity contribution in [3.8, 4) is 0 Å². The van der Waals surface area contributed by atoms with Crippen LogP contribution in [0.4, 0.5) is 0 Å². The predicted octanol–water partition coefficient (Wildman–Crippen LogP) is 2.48. The van der Waals surface area contributed by atoms with Gasteiger partial charge >= 0.3 is 0 Å². The molecule has 1 atom stereocenters. The van der Waals surface area contributed by atoms with Crippen molar-refractivity contribution < 1.29 is 9.32 Å². The number of piperazine rings is 1. The van der Waals surface area contributed by atoms with Crippen molar-refractivity contribution in [2.45, 2.75) is 26.3 Å². The van der Waals surface area contributed by atoms with Crippen molar-refractivity contribution in [1.82, 2.24) is 19.9 Å². The van der Waals surface area contributed by atoms with Gasteiger partial charge in [-0.2, -0.15) is 4.98 Å². The van der Waals surface area contributed by atoms with Gasteiger partial charge in [-0.3, -0.25) is 9.69 Å². The number of halogens is 1. The molecule has 1 saturated heterocycles. The summed E-state index contributed by atoms with van der Waals surface area (Å²) in [6.07, 6.45) is 0.345. The Labute approximate surface area is 146 Å². The fourth-order valence-corrected chi connectivity index (χ4v) is 3.12. The second-order valence-corrected chi connectivity index (χ2v) is 6.45. The third-order valence-corrected chi connectivity index (χ3v) is 4.78. The Kier molecular flexibility index (Phi) is 5.16. The highest BCUT2D eigenvalue weighted by Gasteiger charge is 2.27. The van der Waals surface area contributed by atoms with Gasteiger partial charge in [0.15, 0.2) is 5.82 Å². The van der Waals surface area contributed by atoms with Gasteiger partial charge in [-0.05, 0) is 25.5 Å². The van der Waals surface area contributed by atoms with E-state index in [1.54, 1.807) is 0 Å². The highest BCUT2D eigenvalue weighted by atomic mass is 35.5. The van der Waals surface area contributed by atoms with Gasteiger partial charge in [-0.1, -0.05) is 35.0 Å². The van der Waals surface area contributed by atoms with Crippen molar-refractivity contribution in [2.24, 2.45) is 0 Å². The molecule has 0 N–H and O–H groups in total. The number of benzene rings is 1. The Balaban J connectivity index is 1.55. The van der Waals surface area contributed by atoms with Gasteiger partial charge in [-0.15, -0.1) is 0 Å². The van der Waals surface area contributed by atoms with E-state index in [0.29, 0.717) is 36.2 Å². The first kappa shape index (κ1) is 16.9. The Morgan fingerprint density at radius 1 is 1.29 bits per heavy atom. The zero-order chi connectivity index (χ0) is 17.1. The van der Waals surface area contributed by atoms with Crippen LogP contribution in [-0.4, -0.2) is 52.0 Å². The molecule has 7 heteroatoms. The van der Waals surface area contributed by atoms with Gasteiger partial charge in [0.2, 0.25) is 11.8 Å². The van der Waals surface area contributed by atoms with Crippen molar-refractivity contribution in [3.05, 3.63) is 46.6 Å². The molecular formula is C17H21ClN4O2. The Morgan fingerprint density at radius 3 is 2.62 bits per heavy atom. The van der Waals surface area contributed by atoms with Crippen LogP contribution in [0.5, 0.6) is 0 Å². The summed E-state index contributed by atoms with van der Waals surface area (Å²) in [5.74, 6) is 1.39. The van der Waals surface area contributed by atoms with Crippen LogP contribution in [-0.2, 0) is 11.2 Å². The third kappa shape index (κ3) is 3.76. The molecule has 0 radical (unpaired) electrons. The van der Waals surface area contributed by atoms with Gasteiger partial charge in [0, 0.05) is 31.2 Å². The smallest absolute Gasteiger partial charge is 0.243 e. The number of amides is 1. The fourth-order valence-electron chi connectivity index (χ4n) is 2.91. The lowest BCUT2D eigenvalue weighted by Crippen LogP contribution is -2.49. The van der Waals surface area contributed by atoms with Crippen LogP contribution in [0.2, 0.25) is 5.02 Å². The van der Waals surface area contributed by atoms with Gasteiger partial charge in [0.25, 0.3) is 0 Å². The van der Waals surface area contributed by atoms with Gasteiger partial charge < -0.3 is 9.42 Å². The standard InChI is InChI=1S/C17H21ClN4O2/c1-12(17-19-13(2)20-24-17)21-7-9-22(10-8-21)16(23)11-14-5-3-4-6-15(14)18/h3-6,12H,7-11H2,1-2H3/t12-/m0/s1. The van der Waals surface area contributed by atoms with Crippen molar-refractivity contribution in [2.75, 3.05) is 26.2 Å². The maximum absolute atomic E-state index is 12.5. The van der Waals surface area contributed by atoms with Crippen LogP contribution in [0.15, 0.2) is 28.8 Å². The van der Waals surface area contributed by atoms with Crippen molar-refractivity contribution in [3.63, 3.8) is 0 Å². The molecule has 128 valence electrons. The zero-order valence-electron chi connectivity index (χ0n) is 13.9. The Bertz CT molecular complexity index is 710. The van der Waals surface area contributed by atoms with Crippen molar-refractivity contribution >= 4 is 17.5 Å². The highest BCUT2D eigenvalue weighted by Crippen LogP contribution is 2.21. The average Bonchev–Trinajstić information content (AvgIpc) is 3.03. The predicted molar refractivity (Wildman–Crippen MR) is 90.8 cm³/mol. The number of carbonyl (C=O) groups is 1. The summed E-state index contributed by atoms with van der Waals surface area (Å²) in [5.41, 5.74) is 0.876. The molecule has 6 nitrogen and oxygen atoms in total. The summed E-state index contributed by atoms with van der Waals surface area (Å²) in [4.78, 5) is 20.9. The molecule has 1 aromatic carbocycles. The van der Waals surface area contributed by atoms with Gasteiger partial charge in [0.05, 0.1) is 12.5 Å². The summed E-state index contributed by atoms with van der Waals surface area (Å²) in [6.45, 7) is 6.83. The fraction of sp³-hybridized carbons (Fsp3) is 0.471. The summed E-state index contributed by atoms with van der Waals surface area (Å²) in [6, 6.07) is 7.55. The van der Waals surface area contributed by atoms with E-state index < -0.39 is 0 Å². The van der Waals surface area contributed by atoms with Crippen LogP contribution >= 0.6 is 11.6 Å². The van der Waals surface area contributed by atoms with Crippen LogP contribution in [0.1, 0.15) is 30.2 Å². The Hall–Kier alpha value is -1.92. The number of hydrogen-bond acceptors (Lipinski definition) is 5. The van der Waals surface area contributed by atoms with Crippen LogP contribution < -0.4 is 0 Å². The van der Waals surface area contributed by atoms with Gasteiger partial charge in [0.1, 0.15) is 0 Å². The first-order chi connectivity index (χ1) is 11.5. The number of aryl methyl sites for hydroxylation is 1. The molecular weight excluding hydrogens is 328 g/mol. The summed E-state index contributed by atoms with van der Waals surface area (Å²) < 4.78 is 5.25. The molecule has 1 aliphatic heterocycles. The number of aromatic nitrogens is 2. The van der Waals surface area contributed by atoms with E-state index in [1.165, 1.54) is 0 Å². The van der Waals surface area contributed by atoms with Crippen LogP contribution in [0, 0.1) is 6.92 Å². The lowest BCUT2D eigenvalue weighted by Gasteiger charge is -2.36. The minimum Gasteiger partial charge on any atom is -0.340 e. The molecule has 2 aromatic rings. The van der Waals surface area contributed by atoms with Crippen LogP contribution in [0.3, 0.4) is 0 Å². The first-order valence-corrected chi connectivity index (χ1v) is 8.48. The van der Waals surface area contributed by atoms with Crippen LogP contribution in [0.25, 0.3) is 0 Å². The van der Waals surface area contributed by atoms with E-state index in [1.807, 2.05) is 43.0 Å². The van der Waals surface area contributed by atoms with E-state index in [2.05, 4.69) is 15.0 Å². The molecule has 2 heterocycles. The monoisotopic (exact) mass is 348 g/mol. The first-order valence-electron chi connectivity index (χ1n) is 8.10. The molecule has 0 saturated carbocycles. The Morgan fingerprint density at radius 2 is 2.00 bits per heavy atom. The normalized spacial score (nSPS) is 17.0. The molecule has 0 aliphatic carbocycles. The minimum atomic E-state index is 0.0621. The van der Waals surface area contributed by atoms with E-state index in [4.69, 9.17) is 16.1 Å².